The van der Waals surface area contributed by atoms with Crippen molar-refractivity contribution in [1.82, 2.24) is 0 Å². The first-order valence-corrected chi connectivity index (χ1v) is 19.5. The van der Waals surface area contributed by atoms with Crippen molar-refractivity contribution in [1.29, 1.82) is 0 Å². The van der Waals surface area contributed by atoms with E-state index < -0.39 is 22.4 Å². The maximum Gasteiger partial charge on any atom is 0.261 e. The van der Waals surface area contributed by atoms with Crippen LogP contribution in [0.1, 0.15) is 75.2 Å². The van der Waals surface area contributed by atoms with Crippen LogP contribution in [0.2, 0.25) is 23.2 Å². The molecular weight excluding hydrogens is 517 g/mol. The molecule has 1 saturated heterocycles. The van der Waals surface area contributed by atoms with E-state index in [9.17, 15) is 0 Å². The second kappa shape index (κ2) is 12.3. The van der Waals surface area contributed by atoms with Gasteiger partial charge in [-0.25, -0.2) is 0 Å². The molecule has 0 spiro atoms. The molecule has 6 heteroatoms. The molecule has 0 saturated carbocycles. The Kier molecular flexibility index (Phi) is 10.2. The molecule has 1 fully saturated rings. The number of benzene rings is 2. The first-order chi connectivity index (χ1) is 18.0. The first-order valence-electron chi connectivity index (χ1n) is 14.7. The van der Waals surface area contributed by atoms with Crippen LogP contribution in [0.3, 0.4) is 0 Å². The van der Waals surface area contributed by atoms with E-state index in [-0.39, 0.29) is 22.3 Å². The third kappa shape index (κ3) is 7.72. The van der Waals surface area contributed by atoms with E-state index in [1.807, 2.05) is 13.8 Å². The van der Waals surface area contributed by atoms with E-state index in [2.05, 4.69) is 122 Å². The molecule has 1 aliphatic rings. The second-order valence-electron chi connectivity index (χ2n) is 14.4. The van der Waals surface area contributed by atoms with E-state index >= 15 is 0 Å². The van der Waals surface area contributed by atoms with Gasteiger partial charge < -0.3 is 18.3 Å². The summed E-state index contributed by atoms with van der Waals surface area (Å²) in [5.41, 5.74) is 0. The summed E-state index contributed by atoms with van der Waals surface area (Å²) in [5, 5.41) is 2.65. The number of ether oxygens (including phenoxy) is 2. The molecule has 39 heavy (non-hydrogen) atoms. The fraction of sp³-hybridized carbons (Fsp3) is 0.636. The molecule has 4 nitrogen and oxygen atoms in total. The molecule has 0 N–H and O–H groups in total. The summed E-state index contributed by atoms with van der Waals surface area (Å²) in [4.78, 5) is 0. The van der Waals surface area contributed by atoms with Crippen molar-refractivity contribution in [3.8, 4) is 0 Å². The average Bonchev–Trinajstić information content (AvgIpc) is 2.97. The van der Waals surface area contributed by atoms with E-state index in [4.69, 9.17) is 18.3 Å². The molecule has 3 rings (SSSR count). The van der Waals surface area contributed by atoms with Crippen molar-refractivity contribution in [3.63, 3.8) is 0 Å². The van der Waals surface area contributed by atoms with Crippen LogP contribution in [0.15, 0.2) is 60.7 Å². The number of hydrogen-bond acceptors (Lipinski definition) is 4. The van der Waals surface area contributed by atoms with Crippen LogP contribution in [0.5, 0.6) is 0 Å². The van der Waals surface area contributed by atoms with Gasteiger partial charge in [-0.1, -0.05) is 109 Å². The molecule has 0 unspecified atom stereocenters. The van der Waals surface area contributed by atoms with Gasteiger partial charge in [-0.05, 0) is 66.2 Å². The molecule has 0 bridgehead atoms. The predicted octanol–water partition coefficient (Wildman–Crippen LogP) is 7.52. The normalized spacial score (nSPS) is 21.8. The third-order valence-corrected chi connectivity index (χ3v) is 18.1. The molecule has 0 aromatic heterocycles. The highest BCUT2D eigenvalue weighted by Gasteiger charge is 2.50. The van der Waals surface area contributed by atoms with E-state index in [1.54, 1.807) is 0 Å². The van der Waals surface area contributed by atoms with Crippen molar-refractivity contribution in [2.24, 2.45) is 5.92 Å². The van der Waals surface area contributed by atoms with Crippen LogP contribution in [0, 0.1) is 5.92 Å². The SMILES string of the molecule is C[C@H]1COC(C)(C)O[C@H]([C@H](CCO[Si](c2ccccc2)(c2ccccc2)C(C)(C)C)O[Si](C)(C)C(C)(C)C)C1. The zero-order chi connectivity index (χ0) is 29.1. The van der Waals surface area contributed by atoms with Gasteiger partial charge >= 0.3 is 0 Å². The monoisotopic (exact) mass is 570 g/mol. The summed E-state index contributed by atoms with van der Waals surface area (Å²) in [5.74, 6) is -0.233. The van der Waals surface area contributed by atoms with Gasteiger partial charge in [0.05, 0.1) is 18.8 Å². The summed E-state index contributed by atoms with van der Waals surface area (Å²) >= 11 is 0. The summed E-state index contributed by atoms with van der Waals surface area (Å²) in [6.45, 7) is 26.2. The molecule has 0 amide bonds. The van der Waals surface area contributed by atoms with Crippen LogP contribution >= 0.6 is 0 Å². The van der Waals surface area contributed by atoms with Gasteiger partial charge in [-0.2, -0.15) is 0 Å². The first kappa shape index (κ1) is 32.2. The average molecular weight is 571 g/mol. The van der Waals surface area contributed by atoms with Crippen molar-refractivity contribution in [2.75, 3.05) is 13.2 Å². The Hall–Kier alpha value is -1.29. The van der Waals surface area contributed by atoms with Crippen LogP contribution in [-0.2, 0) is 18.3 Å². The summed E-state index contributed by atoms with van der Waals surface area (Å²) in [6.07, 6.45) is 1.59. The third-order valence-electron chi connectivity index (χ3n) is 8.59. The predicted molar refractivity (Wildman–Crippen MR) is 169 cm³/mol. The molecule has 218 valence electrons. The molecule has 2 aromatic rings. The smallest absolute Gasteiger partial charge is 0.261 e. The van der Waals surface area contributed by atoms with Crippen molar-refractivity contribution < 1.29 is 18.3 Å². The zero-order valence-electron chi connectivity index (χ0n) is 26.5. The zero-order valence-corrected chi connectivity index (χ0v) is 28.5. The molecule has 0 aliphatic carbocycles. The van der Waals surface area contributed by atoms with Gasteiger partial charge in [0.15, 0.2) is 14.1 Å². The number of hydrogen-bond donors (Lipinski definition) is 0. The van der Waals surface area contributed by atoms with E-state index in [0.717, 1.165) is 12.8 Å². The lowest BCUT2D eigenvalue weighted by Crippen LogP contribution is -2.66. The lowest BCUT2D eigenvalue weighted by Gasteiger charge is -2.45. The van der Waals surface area contributed by atoms with Gasteiger partial charge in [-0.3, -0.25) is 0 Å². The highest BCUT2D eigenvalue weighted by atomic mass is 28.4. The minimum Gasteiger partial charge on any atom is -0.411 e. The van der Waals surface area contributed by atoms with E-state index in [0.29, 0.717) is 19.1 Å². The van der Waals surface area contributed by atoms with Gasteiger partial charge in [0.25, 0.3) is 8.32 Å². The second-order valence-corrected chi connectivity index (χ2v) is 23.5. The lowest BCUT2D eigenvalue weighted by molar-refractivity contribution is -0.237. The van der Waals surface area contributed by atoms with Crippen molar-refractivity contribution >= 4 is 27.0 Å². The van der Waals surface area contributed by atoms with Gasteiger partial charge in [0.1, 0.15) is 0 Å². The quantitative estimate of drug-likeness (QED) is 0.292. The highest BCUT2D eigenvalue weighted by Crippen LogP contribution is 2.40. The Balaban J connectivity index is 1.98. The minimum absolute atomic E-state index is 0.0469. The van der Waals surface area contributed by atoms with Crippen LogP contribution < -0.4 is 10.4 Å². The van der Waals surface area contributed by atoms with Gasteiger partial charge in [0.2, 0.25) is 0 Å². The van der Waals surface area contributed by atoms with Gasteiger partial charge in [0, 0.05) is 6.61 Å². The molecule has 0 radical (unpaired) electrons. The Morgan fingerprint density at radius 1 is 0.872 bits per heavy atom. The highest BCUT2D eigenvalue weighted by molar-refractivity contribution is 6.99. The van der Waals surface area contributed by atoms with E-state index in [1.165, 1.54) is 10.4 Å². The molecule has 1 aliphatic heterocycles. The Bertz CT molecular complexity index is 986. The van der Waals surface area contributed by atoms with Gasteiger partial charge in [-0.15, -0.1) is 0 Å². The standard InChI is InChI=1S/C33H54O4Si2/c1-26-24-30(36-33(8,9)34-25-26)29(37-38(10,11)31(2,3)4)22-23-35-39(32(5,6)7,27-18-14-12-15-19-27)28-20-16-13-17-21-28/h12-21,26,29-30H,22-25H2,1-11H3/t26-,29+,30+/m1/s1. The summed E-state index contributed by atoms with van der Waals surface area (Å²) in [7, 11) is -4.68. The summed E-state index contributed by atoms with van der Waals surface area (Å²) < 4.78 is 27.2. The van der Waals surface area contributed by atoms with Crippen molar-refractivity contribution in [3.05, 3.63) is 60.7 Å². The largest absolute Gasteiger partial charge is 0.411 e. The Morgan fingerprint density at radius 2 is 1.38 bits per heavy atom. The van der Waals surface area contributed by atoms with Crippen molar-refractivity contribution in [2.45, 2.75) is 116 Å². The molecule has 3 atom stereocenters. The maximum absolute atomic E-state index is 7.29. The maximum atomic E-state index is 7.29. The summed E-state index contributed by atoms with van der Waals surface area (Å²) in [6, 6.07) is 21.8. The van der Waals surface area contributed by atoms with Crippen LogP contribution in [0.4, 0.5) is 0 Å². The fourth-order valence-electron chi connectivity index (χ4n) is 5.45. The Morgan fingerprint density at radius 3 is 1.85 bits per heavy atom. The topological polar surface area (TPSA) is 36.9 Å². The van der Waals surface area contributed by atoms with Crippen LogP contribution in [-0.4, -0.2) is 47.8 Å². The minimum atomic E-state index is -2.62. The fourth-order valence-corrected chi connectivity index (χ4v) is 11.4. The molecular formula is C33H54O4Si2. The van der Waals surface area contributed by atoms with Crippen LogP contribution in [0.25, 0.3) is 0 Å². The Labute approximate surface area is 241 Å². The molecule has 2 aromatic carbocycles. The molecule has 1 heterocycles. The lowest BCUT2D eigenvalue weighted by atomic mass is 9.99. The number of rotatable bonds is 9.